The minimum absolute atomic E-state index is 0.136. The third-order valence-electron chi connectivity index (χ3n) is 4.60. The van der Waals surface area contributed by atoms with Crippen LogP contribution in [0.2, 0.25) is 0 Å². The Morgan fingerprint density at radius 3 is 2.48 bits per heavy atom. The number of ether oxygens (including phenoxy) is 1. The molecule has 0 spiro atoms. The molecule has 2 aliphatic rings. The van der Waals surface area contributed by atoms with Gasteiger partial charge in [0.2, 0.25) is 0 Å². The highest BCUT2D eigenvalue weighted by atomic mass is 32.2. The molecule has 0 bridgehead atoms. The summed E-state index contributed by atoms with van der Waals surface area (Å²) in [5.74, 6) is -2.79. The van der Waals surface area contributed by atoms with Crippen LogP contribution in [0.25, 0.3) is 0 Å². The lowest BCUT2D eigenvalue weighted by Gasteiger charge is -2.31. The quantitative estimate of drug-likeness (QED) is 0.854. The summed E-state index contributed by atoms with van der Waals surface area (Å²) in [7, 11) is -3.89. The molecule has 1 aromatic rings. The van der Waals surface area contributed by atoms with Crippen molar-refractivity contribution >= 4 is 15.7 Å². The second-order valence-corrected chi connectivity index (χ2v) is 8.38. The summed E-state index contributed by atoms with van der Waals surface area (Å²) in [6.07, 6.45) is 2.00. The van der Waals surface area contributed by atoms with Crippen molar-refractivity contribution < 1.29 is 26.7 Å². The van der Waals surface area contributed by atoms with Crippen LogP contribution in [0.1, 0.15) is 19.3 Å². The van der Waals surface area contributed by atoms with Crippen LogP contribution in [0.15, 0.2) is 17.0 Å². The third kappa shape index (κ3) is 3.77. The monoisotopic (exact) mass is 374 g/mol. The smallest absolute Gasteiger partial charge is 0.263 e. The van der Waals surface area contributed by atoms with Crippen molar-refractivity contribution in [1.82, 2.24) is 10.2 Å². The largest absolute Gasteiger partial charge is 0.477 e. The fourth-order valence-electron chi connectivity index (χ4n) is 3.30. The van der Waals surface area contributed by atoms with Gasteiger partial charge < -0.3 is 15.0 Å². The van der Waals surface area contributed by atoms with E-state index in [-0.39, 0.29) is 11.9 Å². The van der Waals surface area contributed by atoms with Gasteiger partial charge in [-0.3, -0.25) is 4.79 Å². The summed E-state index contributed by atoms with van der Waals surface area (Å²) in [6.45, 7) is 2.19. The van der Waals surface area contributed by atoms with Gasteiger partial charge in [0.1, 0.15) is 10.7 Å². The Bertz CT molecular complexity index is 779. The number of sulfone groups is 1. The molecule has 1 aromatic carbocycles. The first-order chi connectivity index (χ1) is 11.8. The maximum absolute atomic E-state index is 14.1. The summed E-state index contributed by atoms with van der Waals surface area (Å²) in [4.78, 5) is 13.5. The molecule has 2 fully saturated rings. The van der Waals surface area contributed by atoms with Gasteiger partial charge in [0.25, 0.3) is 5.91 Å². The lowest BCUT2D eigenvalue weighted by molar-refractivity contribution is -0.135. The summed E-state index contributed by atoms with van der Waals surface area (Å²) in [5.41, 5.74) is 0. The van der Waals surface area contributed by atoms with Crippen molar-refractivity contribution in [3.05, 3.63) is 23.8 Å². The van der Waals surface area contributed by atoms with Gasteiger partial charge in [-0.15, -0.1) is 0 Å². The molecule has 0 aromatic heterocycles. The van der Waals surface area contributed by atoms with E-state index in [1.54, 1.807) is 4.90 Å². The Balaban J connectivity index is 1.75. The van der Waals surface area contributed by atoms with Crippen LogP contribution in [0.4, 0.5) is 8.78 Å². The van der Waals surface area contributed by atoms with Crippen molar-refractivity contribution in [3.63, 3.8) is 0 Å². The first-order valence-electron chi connectivity index (χ1n) is 8.14. The molecule has 2 aliphatic heterocycles. The second kappa shape index (κ2) is 6.87. The third-order valence-corrected chi connectivity index (χ3v) is 5.71. The summed E-state index contributed by atoms with van der Waals surface area (Å²) < 4.78 is 56.2. The topological polar surface area (TPSA) is 75.7 Å². The average molecular weight is 374 g/mol. The fourth-order valence-corrected chi connectivity index (χ4v) is 4.03. The van der Waals surface area contributed by atoms with E-state index in [4.69, 9.17) is 4.74 Å². The molecule has 0 saturated carbocycles. The standard InChI is InChI=1S/C16H20F2N2O4S/c1-25(22,23)15-9-11(17)14(8-12(15)18)24-13-4-7-20(16(13)21)10-2-5-19-6-3-10/h8-10,13,19H,2-7H2,1H3. The molecule has 1 N–H and O–H groups in total. The van der Waals surface area contributed by atoms with Crippen molar-refractivity contribution in [2.75, 3.05) is 25.9 Å². The molecular formula is C16H20F2N2O4S. The zero-order chi connectivity index (χ0) is 18.2. The van der Waals surface area contributed by atoms with Crippen LogP contribution in [-0.4, -0.2) is 57.3 Å². The molecule has 25 heavy (non-hydrogen) atoms. The molecule has 2 heterocycles. The zero-order valence-electron chi connectivity index (χ0n) is 13.8. The van der Waals surface area contributed by atoms with E-state index in [0.29, 0.717) is 25.1 Å². The number of carbonyl (C=O) groups is 1. The van der Waals surface area contributed by atoms with E-state index in [1.165, 1.54) is 0 Å². The van der Waals surface area contributed by atoms with Gasteiger partial charge in [-0.25, -0.2) is 17.2 Å². The van der Waals surface area contributed by atoms with Crippen molar-refractivity contribution in [2.45, 2.75) is 36.3 Å². The first-order valence-corrected chi connectivity index (χ1v) is 10.0. The van der Waals surface area contributed by atoms with E-state index in [2.05, 4.69) is 5.32 Å². The van der Waals surface area contributed by atoms with E-state index >= 15 is 0 Å². The number of benzene rings is 1. The van der Waals surface area contributed by atoms with E-state index in [9.17, 15) is 22.0 Å². The maximum Gasteiger partial charge on any atom is 0.263 e. The number of amides is 1. The molecule has 1 unspecified atom stereocenters. The molecule has 0 radical (unpaired) electrons. The summed E-state index contributed by atoms with van der Waals surface area (Å²) >= 11 is 0. The Labute approximate surface area is 145 Å². The van der Waals surface area contributed by atoms with Gasteiger partial charge >= 0.3 is 0 Å². The van der Waals surface area contributed by atoms with Gasteiger partial charge in [-0.1, -0.05) is 0 Å². The van der Waals surface area contributed by atoms with Crippen molar-refractivity contribution in [3.8, 4) is 5.75 Å². The molecule has 0 aliphatic carbocycles. The minimum atomic E-state index is -3.89. The number of carbonyl (C=O) groups excluding carboxylic acids is 1. The van der Waals surface area contributed by atoms with Crippen molar-refractivity contribution in [1.29, 1.82) is 0 Å². The molecule has 138 valence electrons. The van der Waals surface area contributed by atoms with E-state index < -0.39 is 38.2 Å². The zero-order valence-corrected chi connectivity index (χ0v) is 14.6. The first kappa shape index (κ1) is 18.1. The summed E-state index contributed by atoms with van der Waals surface area (Å²) in [6, 6.07) is 1.41. The van der Waals surface area contributed by atoms with Gasteiger partial charge in [0.15, 0.2) is 27.5 Å². The normalized spacial score (nSPS) is 22.4. The molecule has 2 saturated heterocycles. The number of halogens is 2. The molecular weight excluding hydrogens is 354 g/mol. The van der Waals surface area contributed by atoms with Crippen LogP contribution < -0.4 is 10.1 Å². The van der Waals surface area contributed by atoms with Gasteiger partial charge in [0, 0.05) is 31.3 Å². The lowest BCUT2D eigenvalue weighted by atomic mass is 10.1. The van der Waals surface area contributed by atoms with Gasteiger partial charge in [0.05, 0.1) is 0 Å². The van der Waals surface area contributed by atoms with Crippen LogP contribution in [0, 0.1) is 11.6 Å². The molecule has 1 atom stereocenters. The molecule has 6 nitrogen and oxygen atoms in total. The van der Waals surface area contributed by atoms with Crippen LogP contribution >= 0.6 is 0 Å². The number of nitrogens with one attached hydrogen (secondary N) is 1. The van der Waals surface area contributed by atoms with Crippen LogP contribution in [0.5, 0.6) is 5.75 Å². The number of piperidine rings is 1. The van der Waals surface area contributed by atoms with Crippen LogP contribution in [0.3, 0.4) is 0 Å². The predicted octanol–water partition coefficient (Wildman–Crippen LogP) is 1.10. The highest BCUT2D eigenvalue weighted by molar-refractivity contribution is 7.90. The Kier molecular flexibility index (Phi) is 4.97. The summed E-state index contributed by atoms with van der Waals surface area (Å²) in [5, 5.41) is 3.23. The number of hydrogen-bond donors (Lipinski definition) is 1. The Morgan fingerprint density at radius 2 is 1.84 bits per heavy atom. The SMILES string of the molecule is CS(=O)(=O)c1cc(F)c(OC2CCN(C3CCNCC3)C2=O)cc1F. The van der Waals surface area contributed by atoms with Gasteiger partial charge in [-0.2, -0.15) is 0 Å². The Hall–Kier alpha value is -1.74. The average Bonchev–Trinajstić information content (AvgIpc) is 2.91. The maximum atomic E-state index is 14.1. The number of nitrogens with zero attached hydrogens (tertiary/aromatic N) is 1. The number of likely N-dealkylation sites (tertiary alicyclic amines) is 1. The second-order valence-electron chi connectivity index (χ2n) is 6.39. The predicted molar refractivity (Wildman–Crippen MR) is 86.1 cm³/mol. The molecule has 9 heteroatoms. The Morgan fingerprint density at radius 1 is 1.16 bits per heavy atom. The number of hydrogen-bond acceptors (Lipinski definition) is 5. The van der Waals surface area contributed by atoms with Crippen molar-refractivity contribution in [2.24, 2.45) is 0 Å². The molecule has 1 amide bonds. The highest BCUT2D eigenvalue weighted by Gasteiger charge is 2.38. The number of rotatable bonds is 4. The fraction of sp³-hybridized carbons (Fsp3) is 0.562. The lowest BCUT2D eigenvalue weighted by Crippen LogP contribution is -2.45. The minimum Gasteiger partial charge on any atom is -0.477 e. The highest BCUT2D eigenvalue weighted by Crippen LogP contribution is 2.28. The molecule has 3 rings (SSSR count). The van der Waals surface area contributed by atoms with Crippen LogP contribution in [-0.2, 0) is 14.6 Å². The van der Waals surface area contributed by atoms with Gasteiger partial charge in [-0.05, 0) is 32.0 Å². The van der Waals surface area contributed by atoms with E-state index in [1.807, 2.05) is 0 Å². The van der Waals surface area contributed by atoms with E-state index in [0.717, 1.165) is 32.2 Å².